The molecule has 0 spiro atoms. The number of carbonyl (C=O) groups is 3. The van der Waals surface area contributed by atoms with Crippen LogP contribution >= 0.6 is 11.5 Å². The summed E-state index contributed by atoms with van der Waals surface area (Å²) in [6, 6.07) is 13.7. The van der Waals surface area contributed by atoms with Gasteiger partial charge < -0.3 is 31.4 Å². The van der Waals surface area contributed by atoms with E-state index in [0.29, 0.717) is 23.3 Å². The van der Waals surface area contributed by atoms with Crippen molar-refractivity contribution < 1.29 is 19.1 Å². The zero-order chi connectivity index (χ0) is 28.3. The average molecular weight is 549 g/mol. The highest BCUT2D eigenvalue weighted by molar-refractivity contribution is 7.09. The first-order valence-corrected chi connectivity index (χ1v) is 13.2. The van der Waals surface area contributed by atoms with Gasteiger partial charge in [0.25, 0.3) is 11.8 Å². The first-order valence-electron chi connectivity index (χ1n) is 12.4. The number of aromatic amines is 1. The number of amides is 3. The van der Waals surface area contributed by atoms with Crippen LogP contribution in [0.2, 0.25) is 0 Å². The molecule has 11 heteroatoms. The number of hydrogen-bond donors (Lipinski definition) is 4. The third kappa shape index (κ3) is 5.58. The number of aromatic nitrogens is 2. The van der Waals surface area contributed by atoms with Crippen molar-refractivity contribution in [3.63, 3.8) is 0 Å². The van der Waals surface area contributed by atoms with E-state index in [1.807, 2.05) is 63.2 Å². The summed E-state index contributed by atoms with van der Waals surface area (Å²) in [6.45, 7) is 5.83. The molecular weight excluding hydrogens is 516 g/mol. The van der Waals surface area contributed by atoms with Crippen LogP contribution in [-0.4, -0.2) is 44.6 Å². The molecular formula is C28H32N6O4S. The highest BCUT2D eigenvalue weighted by atomic mass is 32.1. The molecule has 0 fully saturated rings. The smallest absolute Gasteiger partial charge is 0.270 e. The van der Waals surface area contributed by atoms with E-state index in [1.54, 1.807) is 19.4 Å². The Morgan fingerprint density at radius 1 is 1.15 bits per heavy atom. The molecule has 1 atom stereocenters. The summed E-state index contributed by atoms with van der Waals surface area (Å²) in [5.41, 5.74) is 12.9. The maximum Gasteiger partial charge on any atom is 0.270 e. The summed E-state index contributed by atoms with van der Waals surface area (Å²) >= 11 is 0.771. The number of rotatable bonds is 10. The van der Waals surface area contributed by atoms with E-state index in [9.17, 15) is 14.4 Å². The number of methoxy groups -OCH3 is 1. The summed E-state index contributed by atoms with van der Waals surface area (Å²) in [6.07, 6.45) is 2.41. The van der Waals surface area contributed by atoms with Crippen LogP contribution in [0.25, 0.3) is 10.9 Å². The second-order valence-corrected chi connectivity index (χ2v) is 10.6. The van der Waals surface area contributed by atoms with Gasteiger partial charge in [-0.25, -0.2) is 0 Å². The number of benzene rings is 2. The van der Waals surface area contributed by atoms with E-state index in [0.717, 1.165) is 22.4 Å². The molecule has 0 aliphatic carbocycles. The number of nitrogens with zero attached hydrogens (tertiary/aromatic N) is 2. The molecule has 0 unspecified atom stereocenters. The Bertz CT molecular complexity index is 1530. The number of fused-ring (bicyclic) bond motifs is 1. The van der Waals surface area contributed by atoms with E-state index in [2.05, 4.69) is 14.7 Å². The lowest BCUT2D eigenvalue weighted by atomic mass is 9.97. The lowest BCUT2D eigenvalue weighted by molar-refractivity contribution is -0.127. The third-order valence-electron chi connectivity index (χ3n) is 6.77. The van der Waals surface area contributed by atoms with Gasteiger partial charge in [-0.3, -0.25) is 14.4 Å². The van der Waals surface area contributed by atoms with Crippen LogP contribution < -0.4 is 21.5 Å². The van der Waals surface area contributed by atoms with Crippen LogP contribution in [-0.2, 0) is 11.3 Å². The quantitative estimate of drug-likeness (QED) is 0.235. The van der Waals surface area contributed by atoms with Gasteiger partial charge in [-0.05, 0) is 43.9 Å². The molecule has 4 aromatic rings. The third-order valence-corrected chi connectivity index (χ3v) is 7.62. The highest BCUT2D eigenvalue weighted by Gasteiger charge is 2.38. The van der Waals surface area contributed by atoms with Gasteiger partial charge in [0.05, 0.1) is 19.3 Å². The molecule has 2 aromatic heterocycles. The van der Waals surface area contributed by atoms with Gasteiger partial charge in [0.2, 0.25) is 5.91 Å². The summed E-state index contributed by atoms with van der Waals surface area (Å²) < 4.78 is 9.56. The number of nitrogen functional groups attached to an aromatic ring is 1. The largest absolute Gasteiger partial charge is 0.496 e. The van der Waals surface area contributed by atoms with Crippen molar-refractivity contribution >= 4 is 45.8 Å². The normalized spacial score (nSPS) is 12.2. The van der Waals surface area contributed by atoms with Crippen molar-refractivity contribution in [2.45, 2.75) is 45.3 Å². The van der Waals surface area contributed by atoms with Gasteiger partial charge in [-0.2, -0.15) is 4.37 Å². The molecule has 4 rings (SSSR count). The van der Waals surface area contributed by atoms with Crippen LogP contribution in [0, 0.1) is 0 Å². The van der Waals surface area contributed by atoms with Gasteiger partial charge in [0, 0.05) is 33.8 Å². The summed E-state index contributed by atoms with van der Waals surface area (Å²) in [7, 11) is 1.54. The van der Waals surface area contributed by atoms with E-state index in [4.69, 9.17) is 16.2 Å². The van der Waals surface area contributed by atoms with Crippen molar-refractivity contribution in [3.8, 4) is 5.75 Å². The van der Waals surface area contributed by atoms with Crippen LogP contribution in [0.4, 0.5) is 5.69 Å². The lowest BCUT2D eigenvalue weighted by Crippen LogP contribution is -2.50. The lowest BCUT2D eigenvalue weighted by Gasteiger charge is -2.34. The standard InChI is InChI=1S/C28H32N6O4S/c1-5-28(2,3)32-26(36)23(18-14-31-19-12-8-7-11-17(18)19)34(15-16-10-6-9-13-20(16)38-4)27(37)24-21(29)22(25(30)35)33-39-24/h6-14,23,31H,5,15,29H2,1-4H3,(H2,30,35)(H,32,36)/t23-/m1/s1. The van der Waals surface area contributed by atoms with Gasteiger partial charge in [-0.1, -0.05) is 43.3 Å². The Labute approximate surface area is 230 Å². The minimum atomic E-state index is -1.07. The number of nitrogens with one attached hydrogen (secondary N) is 2. The molecule has 0 aliphatic rings. The molecule has 204 valence electrons. The van der Waals surface area contributed by atoms with Gasteiger partial charge in [0.1, 0.15) is 16.7 Å². The van der Waals surface area contributed by atoms with Crippen molar-refractivity contribution in [2.24, 2.45) is 5.73 Å². The molecule has 0 saturated carbocycles. The zero-order valence-electron chi connectivity index (χ0n) is 22.3. The summed E-state index contributed by atoms with van der Waals surface area (Å²) in [5.74, 6) is -1.22. The fraction of sp³-hybridized carbons (Fsp3) is 0.286. The predicted octanol–water partition coefficient (Wildman–Crippen LogP) is 4.00. The molecule has 0 saturated heterocycles. The minimum Gasteiger partial charge on any atom is -0.496 e. The first kappa shape index (κ1) is 27.6. The van der Waals surface area contributed by atoms with Crippen LogP contribution in [0.15, 0.2) is 54.7 Å². The van der Waals surface area contributed by atoms with Crippen molar-refractivity contribution in [1.29, 1.82) is 0 Å². The summed E-state index contributed by atoms with van der Waals surface area (Å²) in [5, 5.41) is 3.89. The number of hydrogen-bond acceptors (Lipinski definition) is 7. The molecule has 2 heterocycles. The molecule has 6 N–H and O–H groups in total. The number of nitrogens with two attached hydrogens (primary N) is 2. The van der Waals surface area contributed by atoms with E-state index in [1.165, 1.54) is 4.90 Å². The molecule has 0 bridgehead atoms. The monoisotopic (exact) mass is 548 g/mol. The minimum absolute atomic E-state index is 0.0102. The van der Waals surface area contributed by atoms with Crippen molar-refractivity contribution in [1.82, 2.24) is 19.6 Å². The SMILES string of the molecule is CCC(C)(C)NC(=O)[C@@H](c1c[nH]c2ccccc12)N(Cc1ccccc1OC)C(=O)c1snc(C(N)=O)c1N. The zero-order valence-corrected chi connectivity index (χ0v) is 23.1. The van der Waals surface area contributed by atoms with Gasteiger partial charge in [-0.15, -0.1) is 0 Å². The molecule has 10 nitrogen and oxygen atoms in total. The second kappa shape index (κ2) is 11.2. The fourth-order valence-electron chi connectivity index (χ4n) is 4.32. The Kier molecular flexibility index (Phi) is 7.91. The molecule has 0 aliphatic heterocycles. The Balaban J connectivity index is 1.92. The number of ether oxygens (including phenoxy) is 1. The second-order valence-electron chi connectivity index (χ2n) is 9.80. The number of H-pyrrole nitrogens is 1. The van der Waals surface area contributed by atoms with Crippen molar-refractivity contribution in [3.05, 3.63) is 76.4 Å². The topological polar surface area (TPSA) is 156 Å². The average Bonchev–Trinajstić information content (AvgIpc) is 3.51. The van der Waals surface area contributed by atoms with Gasteiger partial charge >= 0.3 is 0 Å². The Morgan fingerprint density at radius 3 is 2.51 bits per heavy atom. The first-order chi connectivity index (χ1) is 18.6. The number of primary amides is 1. The van der Waals surface area contributed by atoms with Gasteiger partial charge in [0.15, 0.2) is 5.69 Å². The Morgan fingerprint density at radius 2 is 1.85 bits per heavy atom. The van der Waals surface area contributed by atoms with E-state index < -0.39 is 23.4 Å². The van der Waals surface area contributed by atoms with Crippen molar-refractivity contribution in [2.75, 3.05) is 12.8 Å². The predicted molar refractivity (Wildman–Crippen MR) is 151 cm³/mol. The van der Waals surface area contributed by atoms with Crippen LogP contribution in [0.3, 0.4) is 0 Å². The highest BCUT2D eigenvalue weighted by Crippen LogP contribution is 2.35. The van der Waals surface area contributed by atoms with E-state index >= 15 is 0 Å². The maximum atomic E-state index is 14.3. The number of anilines is 1. The van der Waals surface area contributed by atoms with Crippen LogP contribution in [0.1, 0.15) is 64.5 Å². The molecule has 3 amide bonds. The summed E-state index contributed by atoms with van der Waals surface area (Å²) in [4.78, 5) is 44.9. The number of carbonyl (C=O) groups excluding carboxylic acids is 3. The fourth-order valence-corrected chi connectivity index (χ4v) is 5.08. The molecule has 0 radical (unpaired) electrons. The molecule has 39 heavy (non-hydrogen) atoms. The number of para-hydroxylation sites is 2. The molecule has 2 aromatic carbocycles. The van der Waals surface area contributed by atoms with E-state index in [-0.39, 0.29) is 28.7 Å². The Hall–Kier alpha value is -4.38. The maximum absolute atomic E-state index is 14.3. The van der Waals surface area contributed by atoms with Crippen LogP contribution in [0.5, 0.6) is 5.75 Å².